The Labute approximate surface area is 161 Å². The number of guanidine groups is 1. The zero-order chi connectivity index (χ0) is 16.7. The third-order valence-corrected chi connectivity index (χ3v) is 4.03. The molecular weight excluding hydrogens is 420 g/mol. The lowest BCUT2D eigenvalue weighted by atomic mass is 10.1. The smallest absolute Gasteiger partial charge is 0.191 e. The Kier molecular flexibility index (Phi) is 9.39. The molecule has 0 amide bonds. The molecule has 0 saturated heterocycles. The number of unbranched alkanes of at least 4 members (excludes halogenated alkanes) is 1. The van der Waals surface area contributed by atoms with Crippen molar-refractivity contribution in [1.82, 2.24) is 10.6 Å². The lowest BCUT2D eigenvalue weighted by Gasteiger charge is -2.19. The number of hydrogen-bond acceptors (Lipinski definition) is 2. The summed E-state index contributed by atoms with van der Waals surface area (Å²) in [7, 11) is 1.74. The molecule has 0 aromatic heterocycles. The topological polar surface area (TPSA) is 45.7 Å². The summed E-state index contributed by atoms with van der Waals surface area (Å²) in [5.41, 5.74) is 0.875. The van der Waals surface area contributed by atoms with E-state index in [0.717, 1.165) is 30.9 Å². The standard InChI is InChI=1S/C18H28FN3O.HI/c1-4-5-10-21-18(20-3)22-13(2)15-8-9-17(16(19)11-15)23-12-14-6-7-14;/h8-9,11,13-14H,4-7,10,12H2,1-3H3,(H2,20,21,22);1H. The summed E-state index contributed by atoms with van der Waals surface area (Å²) < 4.78 is 19.7. The Hall–Kier alpha value is -1.05. The largest absolute Gasteiger partial charge is 0.490 e. The van der Waals surface area contributed by atoms with Crippen molar-refractivity contribution < 1.29 is 9.13 Å². The lowest BCUT2D eigenvalue weighted by Crippen LogP contribution is -2.39. The van der Waals surface area contributed by atoms with Crippen molar-refractivity contribution in [2.24, 2.45) is 10.9 Å². The number of nitrogens with one attached hydrogen (secondary N) is 2. The highest BCUT2D eigenvalue weighted by molar-refractivity contribution is 14.0. The van der Waals surface area contributed by atoms with Crippen LogP contribution in [0.4, 0.5) is 4.39 Å². The predicted molar refractivity (Wildman–Crippen MR) is 108 cm³/mol. The van der Waals surface area contributed by atoms with Gasteiger partial charge in [0.25, 0.3) is 0 Å². The van der Waals surface area contributed by atoms with Crippen LogP contribution in [0.2, 0.25) is 0 Å². The summed E-state index contributed by atoms with van der Waals surface area (Å²) >= 11 is 0. The van der Waals surface area contributed by atoms with Gasteiger partial charge in [-0.2, -0.15) is 0 Å². The van der Waals surface area contributed by atoms with E-state index in [-0.39, 0.29) is 35.8 Å². The zero-order valence-corrected chi connectivity index (χ0v) is 17.1. The molecule has 0 aliphatic heterocycles. The van der Waals surface area contributed by atoms with Gasteiger partial charge in [-0.3, -0.25) is 4.99 Å². The van der Waals surface area contributed by atoms with E-state index in [4.69, 9.17) is 4.74 Å². The monoisotopic (exact) mass is 449 g/mol. The summed E-state index contributed by atoms with van der Waals surface area (Å²) in [6.07, 6.45) is 4.62. The van der Waals surface area contributed by atoms with Crippen LogP contribution in [-0.4, -0.2) is 26.2 Å². The van der Waals surface area contributed by atoms with Gasteiger partial charge in [-0.1, -0.05) is 19.4 Å². The maximum atomic E-state index is 14.2. The molecule has 0 heterocycles. The fraction of sp³-hybridized carbons (Fsp3) is 0.611. The van der Waals surface area contributed by atoms with Crippen LogP contribution in [0, 0.1) is 11.7 Å². The first-order valence-electron chi connectivity index (χ1n) is 8.53. The predicted octanol–water partition coefficient (Wildman–Crippen LogP) is 4.26. The van der Waals surface area contributed by atoms with E-state index < -0.39 is 0 Å². The van der Waals surface area contributed by atoms with Crippen LogP contribution in [0.5, 0.6) is 5.75 Å². The molecule has 1 saturated carbocycles. The van der Waals surface area contributed by atoms with Gasteiger partial charge >= 0.3 is 0 Å². The molecule has 2 N–H and O–H groups in total. The Morgan fingerprint density at radius 2 is 2.17 bits per heavy atom. The molecule has 1 aliphatic carbocycles. The second kappa shape index (κ2) is 10.7. The van der Waals surface area contributed by atoms with Crippen LogP contribution in [-0.2, 0) is 0 Å². The Bertz CT molecular complexity index is 535. The Balaban J connectivity index is 0.00000288. The van der Waals surface area contributed by atoms with Gasteiger partial charge in [-0.15, -0.1) is 24.0 Å². The highest BCUT2D eigenvalue weighted by Gasteiger charge is 2.22. The van der Waals surface area contributed by atoms with Crippen LogP contribution in [0.1, 0.15) is 51.1 Å². The van der Waals surface area contributed by atoms with E-state index >= 15 is 0 Å². The van der Waals surface area contributed by atoms with E-state index in [1.54, 1.807) is 19.2 Å². The lowest BCUT2D eigenvalue weighted by molar-refractivity contribution is 0.285. The van der Waals surface area contributed by atoms with Crippen LogP contribution in [0.3, 0.4) is 0 Å². The number of benzene rings is 1. The van der Waals surface area contributed by atoms with Crippen LogP contribution in [0.25, 0.3) is 0 Å². The SMILES string of the molecule is CCCCNC(=NC)NC(C)c1ccc(OCC2CC2)c(F)c1.I. The van der Waals surface area contributed by atoms with E-state index in [9.17, 15) is 4.39 Å². The minimum Gasteiger partial charge on any atom is -0.490 e. The molecule has 1 aromatic rings. The van der Waals surface area contributed by atoms with Crippen molar-refractivity contribution in [2.45, 2.75) is 45.6 Å². The quantitative estimate of drug-likeness (QED) is 0.270. The summed E-state index contributed by atoms with van der Waals surface area (Å²) in [6, 6.07) is 5.13. The molecule has 136 valence electrons. The van der Waals surface area contributed by atoms with E-state index in [0.29, 0.717) is 18.3 Å². The Morgan fingerprint density at radius 1 is 1.42 bits per heavy atom. The first-order chi connectivity index (χ1) is 11.1. The van der Waals surface area contributed by atoms with Gasteiger partial charge in [0.2, 0.25) is 0 Å². The van der Waals surface area contributed by atoms with Gasteiger partial charge < -0.3 is 15.4 Å². The normalized spacial score (nSPS) is 15.4. The number of aliphatic imine (C=N–C) groups is 1. The summed E-state index contributed by atoms with van der Waals surface area (Å²) in [4.78, 5) is 4.20. The first kappa shape index (κ1) is 21.0. The van der Waals surface area contributed by atoms with E-state index in [2.05, 4.69) is 22.5 Å². The van der Waals surface area contributed by atoms with Crippen molar-refractivity contribution in [1.29, 1.82) is 0 Å². The number of nitrogens with zero attached hydrogens (tertiary/aromatic N) is 1. The van der Waals surface area contributed by atoms with Gasteiger partial charge in [-0.25, -0.2) is 4.39 Å². The van der Waals surface area contributed by atoms with Gasteiger partial charge in [0.1, 0.15) is 0 Å². The van der Waals surface area contributed by atoms with Crippen molar-refractivity contribution in [2.75, 3.05) is 20.2 Å². The number of halogens is 2. The summed E-state index contributed by atoms with van der Waals surface area (Å²) in [5.74, 6) is 1.40. The van der Waals surface area contributed by atoms with E-state index in [1.807, 2.05) is 13.0 Å². The third kappa shape index (κ3) is 6.83. The minimum atomic E-state index is -0.300. The number of hydrogen-bond donors (Lipinski definition) is 2. The molecule has 1 fully saturated rings. The van der Waals surface area contributed by atoms with E-state index in [1.165, 1.54) is 12.8 Å². The Morgan fingerprint density at radius 3 is 2.75 bits per heavy atom. The molecule has 1 atom stereocenters. The second-order valence-corrected chi connectivity index (χ2v) is 6.16. The fourth-order valence-corrected chi connectivity index (χ4v) is 2.26. The van der Waals surface area contributed by atoms with Crippen LogP contribution in [0.15, 0.2) is 23.2 Å². The molecule has 1 aromatic carbocycles. The second-order valence-electron chi connectivity index (χ2n) is 6.16. The fourth-order valence-electron chi connectivity index (χ4n) is 2.26. The molecule has 4 nitrogen and oxygen atoms in total. The van der Waals surface area contributed by atoms with Crippen LogP contribution < -0.4 is 15.4 Å². The molecular formula is C18H29FIN3O. The van der Waals surface area contributed by atoms with Crippen LogP contribution >= 0.6 is 24.0 Å². The molecule has 0 bridgehead atoms. The van der Waals surface area contributed by atoms with Crippen molar-refractivity contribution >= 4 is 29.9 Å². The zero-order valence-electron chi connectivity index (χ0n) is 14.8. The van der Waals surface area contributed by atoms with Gasteiger partial charge in [0.05, 0.1) is 12.6 Å². The number of rotatable bonds is 8. The number of ether oxygens (including phenoxy) is 1. The first-order valence-corrected chi connectivity index (χ1v) is 8.53. The molecule has 0 spiro atoms. The third-order valence-electron chi connectivity index (χ3n) is 4.03. The molecule has 0 radical (unpaired) electrons. The van der Waals surface area contributed by atoms with Gasteiger partial charge in [0, 0.05) is 13.6 Å². The van der Waals surface area contributed by atoms with Crippen molar-refractivity contribution in [3.05, 3.63) is 29.6 Å². The minimum absolute atomic E-state index is 0. The van der Waals surface area contributed by atoms with Gasteiger partial charge in [-0.05, 0) is 49.8 Å². The summed E-state index contributed by atoms with van der Waals surface area (Å²) in [5, 5.41) is 6.54. The highest BCUT2D eigenvalue weighted by Crippen LogP contribution is 2.30. The molecule has 1 unspecified atom stereocenters. The maximum Gasteiger partial charge on any atom is 0.191 e. The molecule has 2 rings (SSSR count). The maximum absolute atomic E-state index is 14.2. The van der Waals surface area contributed by atoms with Gasteiger partial charge in [0.15, 0.2) is 17.5 Å². The van der Waals surface area contributed by atoms with Crippen molar-refractivity contribution in [3.63, 3.8) is 0 Å². The highest BCUT2D eigenvalue weighted by atomic mass is 127. The average molecular weight is 449 g/mol. The molecule has 6 heteroatoms. The molecule has 24 heavy (non-hydrogen) atoms. The average Bonchev–Trinajstić information content (AvgIpc) is 3.37. The molecule has 1 aliphatic rings. The summed E-state index contributed by atoms with van der Waals surface area (Å²) in [6.45, 7) is 5.64. The van der Waals surface area contributed by atoms with Crippen molar-refractivity contribution in [3.8, 4) is 5.75 Å².